The van der Waals surface area contributed by atoms with Gasteiger partial charge in [0, 0.05) is 0 Å². The maximum absolute atomic E-state index is 11.8. The number of aliphatic hydroxyl groups excluding tert-OH is 2. The number of rotatable bonds is 22. The van der Waals surface area contributed by atoms with Crippen molar-refractivity contribution < 1.29 is 52.8 Å². The lowest BCUT2D eigenvalue weighted by Gasteiger charge is -2.49. The van der Waals surface area contributed by atoms with Gasteiger partial charge in [0.15, 0.2) is 12.6 Å². The summed E-state index contributed by atoms with van der Waals surface area (Å²) >= 11 is 0. The zero-order valence-corrected chi connectivity index (χ0v) is 36.3. The van der Waals surface area contributed by atoms with Crippen LogP contribution in [0, 0.1) is 0 Å². The van der Waals surface area contributed by atoms with Crippen molar-refractivity contribution in [1.82, 2.24) is 0 Å². The van der Waals surface area contributed by atoms with Gasteiger partial charge in [-0.05, 0) is 33.4 Å². The van der Waals surface area contributed by atoms with E-state index in [2.05, 4.69) is 0 Å². The van der Waals surface area contributed by atoms with Gasteiger partial charge in [-0.15, -0.1) is 0 Å². The minimum atomic E-state index is -1.26. The third-order valence-corrected chi connectivity index (χ3v) is 11.5. The molecule has 2 aliphatic heterocycles. The molecule has 8 rings (SSSR count). The van der Waals surface area contributed by atoms with Crippen molar-refractivity contribution >= 4 is 0 Å². The van der Waals surface area contributed by atoms with Crippen LogP contribution in [0.15, 0.2) is 182 Å². The standard InChI is InChI=1S/C54H58O11/c55-31-45-47(56)49(58-33-40-21-9-2-10-22-40)51(60-35-42-25-13-4-14-26-42)54(63-45)65-48-46(38-57-32-39-19-7-1-8-20-39)64-53(62-37-44-29-17-6-18-30-44)52(61-36-43-27-15-5-16-28-43)50(48)59-34-41-23-11-3-12-24-41/h1-30,45-56H,31-38H2/t45-,46-,47+,48-,49+,50+,51-,52-,53-,54+/m1/s1. The molecule has 0 amide bonds. The Hall–Kier alpha value is -5.12. The summed E-state index contributed by atoms with van der Waals surface area (Å²) in [5, 5.41) is 22.5. The Bertz CT molecular complexity index is 2210. The number of ether oxygens (including phenoxy) is 9. The molecule has 65 heavy (non-hydrogen) atoms. The van der Waals surface area contributed by atoms with E-state index in [0.29, 0.717) is 6.61 Å². The van der Waals surface area contributed by atoms with E-state index in [1.807, 2.05) is 182 Å². The summed E-state index contributed by atoms with van der Waals surface area (Å²) in [7, 11) is 0. The Labute approximate surface area is 381 Å². The number of hydrogen-bond acceptors (Lipinski definition) is 11. The molecule has 2 saturated heterocycles. The largest absolute Gasteiger partial charge is 0.394 e. The van der Waals surface area contributed by atoms with E-state index in [9.17, 15) is 10.2 Å². The van der Waals surface area contributed by atoms with Gasteiger partial charge in [-0.3, -0.25) is 0 Å². The molecule has 2 aliphatic rings. The molecule has 11 nitrogen and oxygen atoms in total. The fourth-order valence-electron chi connectivity index (χ4n) is 8.04. The SMILES string of the molecule is OC[C@H]1O[C@@H](O[C@H]2[C@H](OCc3ccccc3)[C@@H](OCc3ccccc3)[C@H](OCc3ccccc3)O[C@@H]2COCc2ccccc2)[C@H](OCc2ccccc2)[C@@H](OCc2ccccc2)[C@H]1O. The monoisotopic (exact) mass is 882 g/mol. The highest BCUT2D eigenvalue weighted by Crippen LogP contribution is 2.36. The summed E-state index contributed by atoms with van der Waals surface area (Å²) in [6.07, 6.45) is -9.89. The molecule has 2 N–H and O–H groups in total. The zero-order valence-electron chi connectivity index (χ0n) is 36.3. The first kappa shape index (κ1) is 46.4. The maximum Gasteiger partial charge on any atom is 0.187 e. The zero-order chi connectivity index (χ0) is 44.5. The summed E-state index contributed by atoms with van der Waals surface area (Å²) in [5.41, 5.74) is 5.63. The molecule has 2 fully saturated rings. The molecule has 0 bridgehead atoms. The van der Waals surface area contributed by atoms with Crippen LogP contribution in [0.25, 0.3) is 0 Å². The van der Waals surface area contributed by atoms with E-state index < -0.39 is 68.0 Å². The smallest absolute Gasteiger partial charge is 0.187 e. The van der Waals surface area contributed by atoms with Crippen molar-refractivity contribution in [3.05, 3.63) is 215 Å². The predicted octanol–water partition coefficient (Wildman–Crippen LogP) is 7.95. The minimum Gasteiger partial charge on any atom is -0.394 e. The average Bonchev–Trinajstić information content (AvgIpc) is 3.36. The van der Waals surface area contributed by atoms with E-state index in [-0.39, 0.29) is 39.6 Å². The van der Waals surface area contributed by atoms with E-state index in [1.54, 1.807) is 0 Å². The van der Waals surface area contributed by atoms with Crippen LogP contribution in [0.3, 0.4) is 0 Å². The van der Waals surface area contributed by atoms with Gasteiger partial charge in [-0.25, -0.2) is 0 Å². The van der Waals surface area contributed by atoms with E-state index in [4.69, 9.17) is 42.6 Å². The second-order valence-corrected chi connectivity index (χ2v) is 16.2. The van der Waals surface area contributed by atoms with Crippen molar-refractivity contribution in [1.29, 1.82) is 0 Å². The van der Waals surface area contributed by atoms with Crippen molar-refractivity contribution in [2.45, 2.75) is 101 Å². The van der Waals surface area contributed by atoms with Gasteiger partial charge in [0.25, 0.3) is 0 Å². The van der Waals surface area contributed by atoms with Crippen LogP contribution in [0.5, 0.6) is 0 Å². The van der Waals surface area contributed by atoms with Crippen LogP contribution < -0.4 is 0 Å². The molecule has 2 heterocycles. The van der Waals surface area contributed by atoms with Gasteiger partial charge in [-0.1, -0.05) is 182 Å². The van der Waals surface area contributed by atoms with Gasteiger partial charge in [-0.2, -0.15) is 0 Å². The van der Waals surface area contributed by atoms with Crippen molar-refractivity contribution in [3.8, 4) is 0 Å². The van der Waals surface area contributed by atoms with Crippen LogP contribution in [0.2, 0.25) is 0 Å². The Morgan fingerprint density at radius 3 is 1.11 bits per heavy atom. The average molecular weight is 883 g/mol. The van der Waals surface area contributed by atoms with Crippen LogP contribution in [0.4, 0.5) is 0 Å². The number of aliphatic hydroxyl groups is 2. The Morgan fingerprint density at radius 2 is 0.692 bits per heavy atom. The lowest BCUT2D eigenvalue weighted by atomic mass is 9.96. The molecule has 0 saturated carbocycles. The minimum absolute atomic E-state index is 0.0730. The molecule has 0 aromatic heterocycles. The number of benzene rings is 6. The van der Waals surface area contributed by atoms with Crippen LogP contribution in [-0.4, -0.2) is 84.8 Å². The van der Waals surface area contributed by atoms with Crippen LogP contribution in [0.1, 0.15) is 33.4 Å². The van der Waals surface area contributed by atoms with Crippen molar-refractivity contribution in [3.63, 3.8) is 0 Å². The topological polar surface area (TPSA) is 124 Å². The van der Waals surface area contributed by atoms with E-state index in [0.717, 1.165) is 33.4 Å². The fourth-order valence-corrected chi connectivity index (χ4v) is 8.04. The first-order valence-electron chi connectivity index (χ1n) is 22.3. The third-order valence-electron chi connectivity index (χ3n) is 11.5. The molecule has 0 aliphatic carbocycles. The Balaban J connectivity index is 1.16. The van der Waals surface area contributed by atoms with Gasteiger partial charge < -0.3 is 52.8 Å². The lowest BCUT2D eigenvalue weighted by Crippen LogP contribution is -2.66. The van der Waals surface area contributed by atoms with Gasteiger partial charge >= 0.3 is 0 Å². The molecular weight excluding hydrogens is 825 g/mol. The first-order chi connectivity index (χ1) is 32.1. The first-order valence-corrected chi connectivity index (χ1v) is 22.3. The summed E-state index contributed by atoms with van der Waals surface area (Å²) in [6.45, 7) is 0.876. The molecule has 0 unspecified atom stereocenters. The molecule has 6 aromatic carbocycles. The Morgan fingerprint density at radius 1 is 0.354 bits per heavy atom. The summed E-state index contributed by atoms with van der Waals surface area (Å²) in [6, 6.07) is 59.0. The van der Waals surface area contributed by atoms with E-state index >= 15 is 0 Å². The normalized spacial score (nSPS) is 25.6. The van der Waals surface area contributed by atoms with Crippen molar-refractivity contribution in [2.75, 3.05) is 13.2 Å². The fraction of sp³-hybridized carbons (Fsp3) is 0.333. The maximum atomic E-state index is 11.8. The third kappa shape index (κ3) is 13.3. The molecule has 6 aromatic rings. The highest BCUT2D eigenvalue weighted by Gasteiger charge is 2.54. The molecule has 11 heteroatoms. The highest BCUT2D eigenvalue weighted by atomic mass is 16.8. The summed E-state index contributed by atoms with van der Waals surface area (Å²) < 4.78 is 60.8. The van der Waals surface area contributed by atoms with Gasteiger partial charge in [0.05, 0.1) is 52.9 Å². The second-order valence-electron chi connectivity index (χ2n) is 16.2. The summed E-state index contributed by atoms with van der Waals surface area (Å²) in [5.74, 6) is 0. The molecular formula is C54H58O11. The lowest BCUT2D eigenvalue weighted by molar-refractivity contribution is -0.375. The van der Waals surface area contributed by atoms with Crippen molar-refractivity contribution in [2.24, 2.45) is 0 Å². The predicted molar refractivity (Wildman–Crippen MR) is 243 cm³/mol. The molecule has 0 radical (unpaired) electrons. The molecule has 340 valence electrons. The second kappa shape index (κ2) is 24.4. The summed E-state index contributed by atoms with van der Waals surface area (Å²) in [4.78, 5) is 0. The number of hydrogen-bond donors (Lipinski definition) is 2. The quantitative estimate of drug-likeness (QED) is 0.0691. The molecule has 10 atom stereocenters. The van der Waals surface area contributed by atoms with Crippen LogP contribution in [-0.2, 0) is 82.3 Å². The highest BCUT2D eigenvalue weighted by molar-refractivity contribution is 5.18. The Kier molecular flexibility index (Phi) is 17.4. The van der Waals surface area contributed by atoms with Crippen LogP contribution >= 0.6 is 0 Å². The van der Waals surface area contributed by atoms with Gasteiger partial charge in [0.2, 0.25) is 0 Å². The van der Waals surface area contributed by atoms with Gasteiger partial charge in [0.1, 0.15) is 48.8 Å². The van der Waals surface area contributed by atoms with E-state index in [1.165, 1.54) is 0 Å². The molecule has 0 spiro atoms.